The highest BCUT2D eigenvalue weighted by Crippen LogP contribution is 2.16. The number of nitrogens with zero attached hydrogens (tertiary/aromatic N) is 2. The number of aromatic nitrogens is 2. The molecule has 1 heterocycles. The van der Waals surface area contributed by atoms with Crippen molar-refractivity contribution in [2.24, 2.45) is 0 Å². The molecule has 0 radical (unpaired) electrons. The number of aryl methyl sites for hydroxylation is 1. The molecule has 0 saturated heterocycles. The third-order valence-corrected chi connectivity index (χ3v) is 2.69. The minimum Gasteiger partial charge on any atom is -0.425 e. The largest absolute Gasteiger partial charge is 0.425 e. The molecule has 0 fully saturated rings. The standard InChI is InChI=1S/C12H23N3O/c1-4-8-13-9-6-7-11-14-15-12(16-11)10(3)5-2/h10,13H,4-9H2,1-3H3. The Hall–Kier alpha value is -0.900. The summed E-state index contributed by atoms with van der Waals surface area (Å²) in [5.41, 5.74) is 0. The molecule has 0 amide bonds. The highest BCUT2D eigenvalue weighted by atomic mass is 16.4. The van der Waals surface area contributed by atoms with Crippen molar-refractivity contribution >= 4 is 0 Å². The SMILES string of the molecule is CCCNCCCc1nnc(C(C)CC)o1. The molecule has 1 rings (SSSR count). The molecule has 1 aromatic heterocycles. The zero-order chi connectivity index (χ0) is 11.8. The summed E-state index contributed by atoms with van der Waals surface area (Å²) in [5, 5.41) is 11.5. The third-order valence-electron chi connectivity index (χ3n) is 2.69. The second-order valence-corrected chi connectivity index (χ2v) is 4.20. The first kappa shape index (κ1) is 13.2. The minimum atomic E-state index is 0.375. The maximum absolute atomic E-state index is 5.59. The molecular formula is C12H23N3O. The maximum Gasteiger partial charge on any atom is 0.219 e. The van der Waals surface area contributed by atoms with Gasteiger partial charge < -0.3 is 9.73 Å². The first-order chi connectivity index (χ1) is 7.77. The van der Waals surface area contributed by atoms with Gasteiger partial charge in [0, 0.05) is 12.3 Å². The van der Waals surface area contributed by atoms with E-state index in [0.717, 1.165) is 44.1 Å². The van der Waals surface area contributed by atoms with E-state index in [2.05, 4.69) is 36.3 Å². The molecule has 0 aliphatic carbocycles. The van der Waals surface area contributed by atoms with E-state index in [-0.39, 0.29) is 0 Å². The highest BCUT2D eigenvalue weighted by Gasteiger charge is 2.11. The van der Waals surface area contributed by atoms with Gasteiger partial charge in [0.05, 0.1) is 0 Å². The summed E-state index contributed by atoms with van der Waals surface area (Å²) in [6.45, 7) is 8.52. The summed E-state index contributed by atoms with van der Waals surface area (Å²) in [6, 6.07) is 0. The van der Waals surface area contributed by atoms with Crippen LogP contribution in [0.2, 0.25) is 0 Å². The molecule has 1 aromatic rings. The van der Waals surface area contributed by atoms with E-state index in [1.807, 2.05) is 0 Å². The zero-order valence-electron chi connectivity index (χ0n) is 10.6. The molecular weight excluding hydrogens is 202 g/mol. The van der Waals surface area contributed by atoms with Gasteiger partial charge in [0.2, 0.25) is 11.8 Å². The van der Waals surface area contributed by atoms with Crippen molar-refractivity contribution in [1.82, 2.24) is 15.5 Å². The van der Waals surface area contributed by atoms with Crippen LogP contribution >= 0.6 is 0 Å². The van der Waals surface area contributed by atoms with Crippen molar-refractivity contribution in [2.75, 3.05) is 13.1 Å². The molecule has 0 spiro atoms. The second-order valence-electron chi connectivity index (χ2n) is 4.20. The van der Waals surface area contributed by atoms with Gasteiger partial charge in [0.25, 0.3) is 0 Å². The summed E-state index contributed by atoms with van der Waals surface area (Å²) in [6.07, 6.45) is 4.15. The second kappa shape index (κ2) is 7.39. The van der Waals surface area contributed by atoms with Gasteiger partial charge in [-0.1, -0.05) is 20.8 Å². The van der Waals surface area contributed by atoms with Gasteiger partial charge in [-0.25, -0.2) is 0 Å². The number of hydrogen-bond acceptors (Lipinski definition) is 4. The lowest BCUT2D eigenvalue weighted by molar-refractivity contribution is 0.414. The van der Waals surface area contributed by atoms with Crippen molar-refractivity contribution in [3.8, 4) is 0 Å². The van der Waals surface area contributed by atoms with Crippen LogP contribution in [0.3, 0.4) is 0 Å². The lowest BCUT2D eigenvalue weighted by atomic mass is 10.1. The van der Waals surface area contributed by atoms with Crippen LogP contribution in [0.4, 0.5) is 0 Å². The van der Waals surface area contributed by atoms with Gasteiger partial charge in [-0.3, -0.25) is 0 Å². The first-order valence-corrected chi connectivity index (χ1v) is 6.30. The fourth-order valence-electron chi connectivity index (χ4n) is 1.41. The maximum atomic E-state index is 5.59. The molecule has 4 heteroatoms. The average molecular weight is 225 g/mol. The molecule has 16 heavy (non-hydrogen) atoms. The number of rotatable bonds is 8. The van der Waals surface area contributed by atoms with Gasteiger partial charge >= 0.3 is 0 Å². The normalized spacial score (nSPS) is 12.9. The van der Waals surface area contributed by atoms with Gasteiger partial charge in [0.1, 0.15) is 0 Å². The number of nitrogens with one attached hydrogen (secondary N) is 1. The number of hydrogen-bond donors (Lipinski definition) is 1. The molecule has 92 valence electrons. The molecule has 0 aromatic carbocycles. The van der Waals surface area contributed by atoms with Crippen LogP contribution in [-0.4, -0.2) is 23.3 Å². The fraction of sp³-hybridized carbons (Fsp3) is 0.833. The molecule has 0 aliphatic heterocycles. The third kappa shape index (κ3) is 4.31. The molecule has 0 bridgehead atoms. The van der Waals surface area contributed by atoms with Gasteiger partial charge in [0.15, 0.2) is 0 Å². The van der Waals surface area contributed by atoms with E-state index in [9.17, 15) is 0 Å². The monoisotopic (exact) mass is 225 g/mol. The summed E-state index contributed by atoms with van der Waals surface area (Å²) in [7, 11) is 0. The van der Waals surface area contributed by atoms with Crippen molar-refractivity contribution in [2.45, 2.75) is 52.4 Å². The van der Waals surface area contributed by atoms with Crippen LogP contribution < -0.4 is 5.32 Å². The van der Waals surface area contributed by atoms with Crippen molar-refractivity contribution in [3.05, 3.63) is 11.8 Å². The van der Waals surface area contributed by atoms with E-state index in [1.165, 1.54) is 6.42 Å². The van der Waals surface area contributed by atoms with E-state index in [0.29, 0.717) is 5.92 Å². The molecule has 1 N–H and O–H groups in total. The zero-order valence-corrected chi connectivity index (χ0v) is 10.6. The molecule has 1 unspecified atom stereocenters. The lowest BCUT2D eigenvalue weighted by Crippen LogP contribution is -2.16. The van der Waals surface area contributed by atoms with Crippen LogP contribution in [0.5, 0.6) is 0 Å². The Morgan fingerprint density at radius 3 is 2.75 bits per heavy atom. The molecule has 0 aliphatic rings. The predicted molar refractivity (Wildman–Crippen MR) is 64.5 cm³/mol. The summed E-state index contributed by atoms with van der Waals surface area (Å²) in [5.74, 6) is 1.92. The smallest absolute Gasteiger partial charge is 0.219 e. The Bertz CT molecular complexity index is 286. The summed E-state index contributed by atoms with van der Waals surface area (Å²) >= 11 is 0. The Morgan fingerprint density at radius 2 is 2.06 bits per heavy atom. The molecule has 1 atom stereocenters. The van der Waals surface area contributed by atoms with Gasteiger partial charge in [-0.05, 0) is 32.4 Å². The van der Waals surface area contributed by atoms with Crippen LogP contribution in [-0.2, 0) is 6.42 Å². The predicted octanol–water partition coefficient (Wildman–Crippen LogP) is 2.52. The van der Waals surface area contributed by atoms with Crippen LogP contribution in [0, 0.1) is 0 Å². The topological polar surface area (TPSA) is 51.0 Å². The molecule has 0 saturated carbocycles. The minimum absolute atomic E-state index is 0.375. The average Bonchev–Trinajstić information content (AvgIpc) is 2.76. The van der Waals surface area contributed by atoms with Crippen LogP contribution in [0.15, 0.2) is 4.42 Å². The molecule has 4 nitrogen and oxygen atoms in total. The fourth-order valence-corrected chi connectivity index (χ4v) is 1.41. The Kier molecular flexibility index (Phi) is 6.08. The first-order valence-electron chi connectivity index (χ1n) is 6.30. The van der Waals surface area contributed by atoms with E-state index >= 15 is 0 Å². The summed E-state index contributed by atoms with van der Waals surface area (Å²) in [4.78, 5) is 0. The Balaban J connectivity index is 2.24. The van der Waals surface area contributed by atoms with Crippen LogP contribution in [0.1, 0.15) is 57.7 Å². The van der Waals surface area contributed by atoms with Gasteiger partial charge in [-0.15, -0.1) is 10.2 Å². The summed E-state index contributed by atoms with van der Waals surface area (Å²) < 4.78 is 5.59. The van der Waals surface area contributed by atoms with E-state index < -0.39 is 0 Å². The van der Waals surface area contributed by atoms with Crippen molar-refractivity contribution in [3.63, 3.8) is 0 Å². The lowest BCUT2D eigenvalue weighted by Gasteiger charge is -2.01. The van der Waals surface area contributed by atoms with E-state index in [1.54, 1.807) is 0 Å². The Morgan fingerprint density at radius 1 is 1.25 bits per heavy atom. The highest BCUT2D eigenvalue weighted by molar-refractivity contribution is 4.88. The van der Waals surface area contributed by atoms with Crippen molar-refractivity contribution < 1.29 is 4.42 Å². The van der Waals surface area contributed by atoms with Crippen LogP contribution in [0.25, 0.3) is 0 Å². The van der Waals surface area contributed by atoms with Crippen molar-refractivity contribution in [1.29, 1.82) is 0 Å². The Labute approximate surface area is 97.8 Å². The van der Waals surface area contributed by atoms with Gasteiger partial charge in [-0.2, -0.15) is 0 Å². The van der Waals surface area contributed by atoms with E-state index in [4.69, 9.17) is 4.42 Å². The quantitative estimate of drug-likeness (QED) is 0.691.